The van der Waals surface area contributed by atoms with E-state index < -0.39 is 0 Å². The molecule has 0 aromatic heterocycles. The molecule has 1 aliphatic rings. The molecule has 1 rings (SSSR count). The third-order valence-electron chi connectivity index (χ3n) is 4.18. The Kier molecular flexibility index (Phi) is 4.19. The van der Waals surface area contributed by atoms with Crippen molar-refractivity contribution in [3.63, 3.8) is 0 Å². The molecule has 0 nitrogen and oxygen atoms in total. The first kappa shape index (κ1) is 12.5. The van der Waals surface area contributed by atoms with E-state index in [-0.39, 0.29) is 0 Å². The first-order valence-electron chi connectivity index (χ1n) is 6.27. The summed E-state index contributed by atoms with van der Waals surface area (Å²) in [5, 5.41) is 0. The summed E-state index contributed by atoms with van der Waals surface area (Å²) >= 11 is 0. The predicted octanol–water partition coefficient (Wildman–Crippen LogP) is 4.83. The van der Waals surface area contributed by atoms with Gasteiger partial charge < -0.3 is 0 Å². The molecule has 0 aromatic rings. The summed E-state index contributed by atoms with van der Waals surface area (Å²) in [5.74, 6) is 3.14. The minimum atomic E-state index is 0.672. The van der Waals surface area contributed by atoms with Crippen LogP contribution >= 0.6 is 0 Å². The van der Waals surface area contributed by atoms with Gasteiger partial charge in [-0.25, -0.2) is 0 Å². The van der Waals surface area contributed by atoms with Crippen LogP contribution < -0.4 is 0 Å². The summed E-state index contributed by atoms with van der Waals surface area (Å²) in [4.78, 5) is 0. The zero-order chi connectivity index (χ0) is 11.6. The highest BCUT2D eigenvalue weighted by molar-refractivity contribution is 5.27. The Labute approximate surface area is 95.5 Å². The van der Waals surface area contributed by atoms with Crippen LogP contribution in [0, 0.1) is 23.7 Å². The summed E-state index contributed by atoms with van der Waals surface area (Å²) in [5.41, 5.74) is 2.93. The standard InChI is InChI=1S/C15H26/c1-10(2)14(6)11(3)7-8-12(4)15-9-13(15)5/h9,11-12,14-15H,1,7-8H2,2-6H3. The highest BCUT2D eigenvalue weighted by Gasteiger charge is 2.26. The van der Waals surface area contributed by atoms with Crippen LogP contribution in [-0.4, -0.2) is 0 Å². The molecule has 0 bridgehead atoms. The van der Waals surface area contributed by atoms with Crippen LogP contribution in [0.15, 0.2) is 23.8 Å². The second-order valence-electron chi connectivity index (χ2n) is 5.60. The molecular formula is C15H26. The van der Waals surface area contributed by atoms with Crippen LogP contribution in [0.25, 0.3) is 0 Å². The molecule has 0 aliphatic heterocycles. The molecule has 0 aromatic carbocycles. The van der Waals surface area contributed by atoms with Gasteiger partial charge >= 0.3 is 0 Å². The normalized spacial score (nSPS) is 25.4. The van der Waals surface area contributed by atoms with Crippen LogP contribution in [-0.2, 0) is 0 Å². The lowest BCUT2D eigenvalue weighted by Crippen LogP contribution is -2.11. The summed E-state index contributed by atoms with van der Waals surface area (Å²) in [6.07, 6.45) is 5.10. The molecule has 0 spiro atoms. The van der Waals surface area contributed by atoms with Gasteiger partial charge in [-0.15, -0.1) is 0 Å². The molecule has 0 radical (unpaired) electrons. The van der Waals surface area contributed by atoms with Gasteiger partial charge in [0.15, 0.2) is 0 Å². The van der Waals surface area contributed by atoms with Crippen LogP contribution in [0.1, 0.15) is 47.5 Å². The Morgan fingerprint density at radius 2 is 1.87 bits per heavy atom. The van der Waals surface area contributed by atoms with Crippen molar-refractivity contribution in [2.45, 2.75) is 47.5 Å². The SMILES string of the molecule is C=C(C)C(C)C(C)CCC(C)C1C=C1C. The lowest BCUT2D eigenvalue weighted by atomic mass is 9.84. The minimum absolute atomic E-state index is 0.672. The Hall–Kier alpha value is -0.520. The van der Waals surface area contributed by atoms with Gasteiger partial charge in [-0.2, -0.15) is 0 Å². The molecule has 0 saturated carbocycles. The average Bonchev–Trinajstić information content (AvgIpc) is 2.90. The Morgan fingerprint density at radius 1 is 1.33 bits per heavy atom. The fourth-order valence-electron chi connectivity index (χ4n) is 2.29. The van der Waals surface area contributed by atoms with Crippen molar-refractivity contribution in [2.75, 3.05) is 0 Å². The number of hydrogen-bond acceptors (Lipinski definition) is 0. The summed E-state index contributed by atoms with van der Waals surface area (Å²) in [6, 6.07) is 0. The van der Waals surface area contributed by atoms with Gasteiger partial charge in [0.1, 0.15) is 0 Å². The Morgan fingerprint density at radius 3 is 2.27 bits per heavy atom. The zero-order valence-electron chi connectivity index (χ0n) is 11.0. The third kappa shape index (κ3) is 3.52. The van der Waals surface area contributed by atoms with E-state index >= 15 is 0 Å². The van der Waals surface area contributed by atoms with Crippen LogP contribution in [0.2, 0.25) is 0 Å². The quantitative estimate of drug-likeness (QED) is 0.546. The topological polar surface area (TPSA) is 0 Å². The van der Waals surface area contributed by atoms with Crippen molar-refractivity contribution < 1.29 is 0 Å². The van der Waals surface area contributed by atoms with Crippen molar-refractivity contribution in [2.24, 2.45) is 23.7 Å². The first-order chi connectivity index (χ1) is 6.93. The maximum absolute atomic E-state index is 4.05. The lowest BCUT2D eigenvalue weighted by Gasteiger charge is -2.22. The molecule has 15 heavy (non-hydrogen) atoms. The van der Waals surface area contributed by atoms with Gasteiger partial charge in [0.05, 0.1) is 0 Å². The van der Waals surface area contributed by atoms with Crippen LogP contribution in [0.4, 0.5) is 0 Å². The maximum atomic E-state index is 4.05. The minimum Gasteiger partial charge on any atom is -0.0999 e. The maximum Gasteiger partial charge on any atom is 0.000263 e. The largest absolute Gasteiger partial charge is 0.0999 e. The summed E-state index contributed by atoms with van der Waals surface area (Å²) in [6.45, 7) is 15.5. The highest BCUT2D eigenvalue weighted by atomic mass is 14.3. The fourth-order valence-corrected chi connectivity index (χ4v) is 2.29. The Bertz CT molecular complexity index is 259. The van der Waals surface area contributed by atoms with Crippen molar-refractivity contribution in [3.05, 3.63) is 23.8 Å². The van der Waals surface area contributed by atoms with E-state index in [1.165, 1.54) is 18.4 Å². The molecule has 4 unspecified atom stereocenters. The van der Waals surface area contributed by atoms with Crippen LogP contribution in [0.5, 0.6) is 0 Å². The monoisotopic (exact) mass is 206 g/mol. The molecule has 4 atom stereocenters. The van der Waals surface area contributed by atoms with Crippen molar-refractivity contribution in [3.8, 4) is 0 Å². The molecule has 1 aliphatic carbocycles. The van der Waals surface area contributed by atoms with E-state index in [1.807, 2.05) is 0 Å². The smallest absolute Gasteiger partial charge is 0.000263 e. The fraction of sp³-hybridized carbons (Fsp3) is 0.733. The van der Waals surface area contributed by atoms with E-state index in [4.69, 9.17) is 0 Å². The summed E-state index contributed by atoms with van der Waals surface area (Å²) < 4.78 is 0. The van der Waals surface area contributed by atoms with Gasteiger partial charge in [0, 0.05) is 5.92 Å². The van der Waals surface area contributed by atoms with Crippen molar-refractivity contribution in [1.82, 2.24) is 0 Å². The van der Waals surface area contributed by atoms with Gasteiger partial charge in [-0.05, 0) is 44.4 Å². The number of hydrogen-bond donors (Lipinski definition) is 0. The molecule has 86 valence electrons. The molecule has 0 fully saturated rings. The van der Waals surface area contributed by atoms with E-state index in [2.05, 4.69) is 47.3 Å². The predicted molar refractivity (Wildman–Crippen MR) is 68.8 cm³/mol. The Balaban J connectivity index is 2.21. The number of rotatable bonds is 6. The second-order valence-corrected chi connectivity index (χ2v) is 5.60. The van der Waals surface area contributed by atoms with Crippen molar-refractivity contribution >= 4 is 0 Å². The van der Waals surface area contributed by atoms with E-state index in [0.29, 0.717) is 5.92 Å². The van der Waals surface area contributed by atoms with Gasteiger partial charge in [-0.1, -0.05) is 44.6 Å². The van der Waals surface area contributed by atoms with E-state index in [0.717, 1.165) is 17.8 Å². The molecule has 0 saturated heterocycles. The second kappa shape index (κ2) is 5.01. The molecule has 0 amide bonds. The van der Waals surface area contributed by atoms with Crippen molar-refractivity contribution in [1.29, 1.82) is 0 Å². The van der Waals surface area contributed by atoms with E-state index in [9.17, 15) is 0 Å². The zero-order valence-corrected chi connectivity index (χ0v) is 11.0. The van der Waals surface area contributed by atoms with E-state index in [1.54, 1.807) is 5.57 Å². The van der Waals surface area contributed by atoms with Gasteiger partial charge in [0.25, 0.3) is 0 Å². The number of allylic oxidation sites excluding steroid dienone is 3. The molecule has 0 heteroatoms. The molecular weight excluding hydrogens is 180 g/mol. The van der Waals surface area contributed by atoms with Gasteiger partial charge in [-0.3, -0.25) is 0 Å². The van der Waals surface area contributed by atoms with Gasteiger partial charge in [0.2, 0.25) is 0 Å². The first-order valence-corrected chi connectivity index (χ1v) is 6.27. The lowest BCUT2D eigenvalue weighted by molar-refractivity contribution is 0.353. The molecule has 0 N–H and O–H groups in total. The third-order valence-corrected chi connectivity index (χ3v) is 4.18. The molecule has 0 heterocycles. The average molecular weight is 206 g/mol. The summed E-state index contributed by atoms with van der Waals surface area (Å²) in [7, 11) is 0. The van der Waals surface area contributed by atoms with Crippen LogP contribution in [0.3, 0.4) is 0 Å². The highest BCUT2D eigenvalue weighted by Crippen LogP contribution is 2.38.